The quantitative estimate of drug-likeness (QED) is 0.100. The Morgan fingerprint density at radius 1 is 0.562 bits per heavy atom. The van der Waals surface area contributed by atoms with Crippen molar-refractivity contribution in [3.63, 3.8) is 0 Å². The van der Waals surface area contributed by atoms with Gasteiger partial charge in [0.15, 0.2) is 0 Å². The summed E-state index contributed by atoms with van der Waals surface area (Å²) in [6.45, 7) is 7.71. The second kappa shape index (κ2) is 16.1. The van der Waals surface area contributed by atoms with Gasteiger partial charge in [0.25, 0.3) is 0 Å². The van der Waals surface area contributed by atoms with E-state index < -0.39 is 24.3 Å². The number of methoxy groups -OCH3 is 2. The highest BCUT2D eigenvalue weighted by atomic mass is 16.5. The smallest absolute Gasteiger partial charge is 0.407 e. The molecule has 2 aromatic heterocycles. The van der Waals surface area contributed by atoms with E-state index in [1.54, 1.807) is 0 Å². The predicted molar refractivity (Wildman–Crippen MR) is 243 cm³/mol. The topological polar surface area (TPSA) is 175 Å². The van der Waals surface area contributed by atoms with Crippen LogP contribution in [0.5, 0.6) is 0 Å². The Morgan fingerprint density at radius 3 is 1.28 bits per heavy atom. The zero-order chi connectivity index (χ0) is 44.6. The summed E-state index contributed by atoms with van der Waals surface area (Å²) < 4.78 is 9.63. The summed E-state index contributed by atoms with van der Waals surface area (Å²) in [6.07, 6.45) is 6.12. The number of rotatable bonds is 11. The van der Waals surface area contributed by atoms with Gasteiger partial charge in [-0.15, -0.1) is 0 Å². The van der Waals surface area contributed by atoms with E-state index in [1.807, 2.05) is 49.9 Å². The molecule has 2 saturated carbocycles. The standard InChI is InChI=1S/C50H54N8O6/c1-25(2)43(55-49(61)63-5)47(59)57-39-19-35(39)21-41(57)45-51-23-37(53-45)33-13-11-29-15-27(7-9-31(29)17-33)28-8-10-32-18-34(14-12-30(32)16-28)38-24-52-46(54-38)42-22-36-20-40(36)58(42)48(60)44(26(3)4)56-50(62)64-6/h7-18,23-26,35-36,39-44H,19-22H2,1-6H3,(H,51,53)(H,52,54)(H,55,61)(H,56,62)/t35-,36?,39?,40?,41+,42+,43+,44+/m1/s1. The number of carbonyl (C=O) groups is 4. The van der Waals surface area contributed by atoms with Gasteiger partial charge in [-0.25, -0.2) is 19.6 Å². The van der Waals surface area contributed by atoms with Gasteiger partial charge in [0.05, 0.1) is 50.1 Å². The van der Waals surface area contributed by atoms with Crippen LogP contribution in [0.2, 0.25) is 0 Å². The molecular weight excluding hydrogens is 809 g/mol. The lowest BCUT2D eigenvalue weighted by Gasteiger charge is -2.31. The van der Waals surface area contributed by atoms with Gasteiger partial charge in [-0.05, 0) is 106 Å². The van der Waals surface area contributed by atoms with Crippen LogP contribution in [0, 0.1) is 23.7 Å². The minimum atomic E-state index is -0.677. The van der Waals surface area contributed by atoms with E-state index >= 15 is 0 Å². The highest BCUT2D eigenvalue weighted by Crippen LogP contribution is 2.54. The molecule has 4 heterocycles. The zero-order valence-corrected chi connectivity index (χ0v) is 36.9. The summed E-state index contributed by atoms with van der Waals surface area (Å²) in [4.78, 5) is 72.4. The van der Waals surface area contributed by atoms with Gasteiger partial charge < -0.3 is 39.9 Å². The van der Waals surface area contributed by atoms with E-state index in [9.17, 15) is 19.2 Å². The number of nitrogens with zero attached hydrogens (tertiary/aromatic N) is 4. The van der Waals surface area contributed by atoms with Gasteiger partial charge in [-0.3, -0.25) is 9.59 Å². The van der Waals surface area contributed by atoms with Crippen molar-refractivity contribution in [3.8, 4) is 33.6 Å². The fraction of sp³-hybridized carbons (Fsp3) is 0.400. The van der Waals surface area contributed by atoms with Gasteiger partial charge in [0.1, 0.15) is 23.7 Å². The Hall–Kier alpha value is -6.70. The number of fused-ring (bicyclic) bond motifs is 4. The van der Waals surface area contributed by atoms with Crippen LogP contribution in [-0.2, 0) is 19.1 Å². The number of alkyl carbamates (subject to hydrolysis) is 2. The van der Waals surface area contributed by atoms with Crippen molar-refractivity contribution >= 4 is 45.5 Å². The number of hydrogen-bond acceptors (Lipinski definition) is 8. The number of nitrogens with one attached hydrogen (secondary N) is 4. The molecule has 8 atom stereocenters. The lowest BCUT2D eigenvalue weighted by Crippen LogP contribution is -2.52. The molecule has 6 aromatic rings. The first-order valence-corrected chi connectivity index (χ1v) is 22.4. The van der Waals surface area contributed by atoms with Gasteiger partial charge in [0, 0.05) is 23.2 Å². The molecule has 14 heteroatoms. The number of imidazole rings is 2. The molecule has 4 fully saturated rings. The molecule has 2 aliphatic carbocycles. The first-order chi connectivity index (χ1) is 30.9. The maximum Gasteiger partial charge on any atom is 0.407 e. The minimum Gasteiger partial charge on any atom is -0.453 e. The third-order valence-electron chi connectivity index (χ3n) is 14.0. The monoisotopic (exact) mass is 862 g/mol. The van der Waals surface area contributed by atoms with Crippen LogP contribution in [0.4, 0.5) is 9.59 Å². The van der Waals surface area contributed by atoms with Crippen LogP contribution < -0.4 is 10.6 Å². The molecule has 10 rings (SSSR count). The number of benzene rings is 4. The third-order valence-corrected chi connectivity index (χ3v) is 14.0. The molecule has 14 nitrogen and oxygen atoms in total. The van der Waals surface area contributed by atoms with E-state index in [4.69, 9.17) is 19.4 Å². The fourth-order valence-corrected chi connectivity index (χ4v) is 10.2. The van der Waals surface area contributed by atoms with Crippen LogP contribution >= 0.6 is 0 Å². The van der Waals surface area contributed by atoms with Crippen molar-refractivity contribution in [2.24, 2.45) is 23.7 Å². The summed E-state index contributed by atoms with van der Waals surface area (Å²) in [5, 5.41) is 9.95. The number of carbonyl (C=O) groups excluding carboxylic acids is 4. The lowest BCUT2D eigenvalue weighted by molar-refractivity contribution is -0.137. The number of piperidine rings is 2. The molecule has 0 radical (unpaired) electrons. The van der Waals surface area contributed by atoms with Crippen molar-refractivity contribution < 1.29 is 28.7 Å². The van der Waals surface area contributed by atoms with Gasteiger partial charge >= 0.3 is 12.2 Å². The van der Waals surface area contributed by atoms with Crippen LogP contribution in [0.3, 0.4) is 0 Å². The summed E-state index contributed by atoms with van der Waals surface area (Å²) in [5.41, 5.74) is 6.04. The predicted octanol–water partition coefficient (Wildman–Crippen LogP) is 8.53. The average Bonchev–Trinajstić information content (AvgIpc) is 3.88. The SMILES string of the molecule is COC(=O)N[C@H](C(=O)N1C2CC2C[C@H]1c1ncc(-c2ccc3cc(-c4ccc5cc(-c6cnc([C@@H]7C[C@H]8CC8N7C(=O)[C@@H](NC(=O)OC)C(C)C)[nH]6)ccc5c4)ccc3c2)[nH]1)C(C)C. The Bertz CT molecular complexity index is 2620. The maximum atomic E-state index is 13.9. The minimum absolute atomic E-state index is 0.0952. The molecule has 3 unspecified atom stereocenters. The largest absolute Gasteiger partial charge is 0.453 e. The molecule has 4 aliphatic rings. The number of amides is 4. The Morgan fingerprint density at radius 2 is 0.922 bits per heavy atom. The lowest BCUT2D eigenvalue weighted by atomic mass is 9.97. The normalized spacial score (nSPS) is 22.9. The van der Waals surface area contributed by atoms with Gasteiger partial charge in [0.2, 0.25) is 11.8 Å². The Balaban J connectivity index is 0.834. The number of hydrogen-bond donors (Lipinski definition) is 4. The van der Waals surface area contributed by atoms with Crippen molar-refractivity contribution in [2.75, 3.05) is 14.2 Å². The molecule has 0 bridgehead atoms. The van der Waals surface area contributed by atoms with Crippen LogP contribution in [0.15, 0.2) is 85.2 Å². The number of likely N-dealkylation sites (tertiary alicyclic amines) is 2. The summed E-state index contributed by atoms with van der Waals surface area (Å²) in [6, 6.07) is 24.5. The molecule has 4 N–H and O–H groups in total. The Labute approximate surface area is 371 Å². The third kappa shape index (κ3) is 7.51. The fourth-order valence-electron chi connectivity index (χ4n) is 10.2. The van der Waals surface area contributed by atoms with E-state index in [0.717, 1.165) is 92.5 Å². The van der Waals surface area contributed by atoms with Crippen LogP contribution in [-0.4, -0.2) is 92.1 Å². The van der Waals surface area contributed by atoms with Crippen molar-refractivity contribution in [1.82, 2.24) is 40.4 Å². The highest BCUT2D eigenvalue weighted by molar-refractivity contribution is 5.94. The first kappa shape index (κ1) is 41.3. The summed E-state index contributed by atoms with van der Waals surface area (Å²) in [7, 11) is 2.61. The molecule has 4 amide bonds. The second-order valence-corrected chi connectivity index (χ2v) is 18.8. The molecular formula is C50H54N8O6. The van der Waals surface area contributed by atoms with E-state index in [1.165, 1.54) is 14.2 Å². The van der Waals surface area contributed by atoms with Gasteiger partial charge in [-0.2, -0.15) is 0 Å². The molecule has 64 heavy (non-hydrogen) atoms. The Kier molecular flexibility index (Phi) is 10.4. The number of H-pyrrole nitrogens is 2. The number of aromatic amines is 2. The van der Waals surface area contributed by atoms with Crippen LogP contribution in [0.1, 0.15) is 77.1 Å². The molecule has 330 valence electrons. The summed E-state index contributed by atoms with van der Waals surface area (Å²) >= 11 is 0. The first-order valence-electron chi connectivity index (χ1n) is 22.4. The van der Waals surface area contributed by atoms with E-state index in [0.29, 0.717) is 11.8 Å². The second-order valence-electron chi connectivity index (χ2n) is 18.8. The molecule has 0 spiro atoms. The summed E-state index contributed by atoms with van der Waals surface area (Å²) in [5.74, 6) is 2.03. The molecule has 2 aliphatic heterocycles. The number of ether oxygens (including phenoxy) is 2. The average molecular weight is 863 g/mol. The van der Waals surface area contributed by atoms with Crippen molar-refractivity contribution in [3.05, 3.63) is 96.8 Å². The van der Waals surface area contributed by atoms with E-state index in [2.05, 4.69) is 93.4 Å². The zero-order valence-electron chi connectivity index (χ0n) is 36.9. The maximum absolute atomic E-state index is 13.9. The van der Waals surface area contributed by atoms with Gasteiger partial charge in [-0.1, -0.05) is 76.2 Å². The van der Waals surface area contributed by atoms with E-state index in [-0.39, 0.29) is 47.8 Å². The van der Waals surface area contributed by atoms with Crippen molar-refractivity contribution in [1.29, 1.82) is 0 Å². The highest BCUT2D eigenvalue weighted by Gasteiger charge is 2.57. The van der Waals surface area contributed by atoms with Crippen LogP contribution in [0.25, 0.3) is 55.2 Å². The number of aromatic nitrogens is 4. The molecule has 2 saturated heterocycles. The van der Waals surface area contributed by atoms with Crippen molar-refractivity contribution in [2.45, 2.75) is 89.6 Å². The molecule has 4 aromatic carbocycles.